The van der Waals surface area contributed by atoms with Gasteiger partial charge in [0.1, 0.15) is 11.9 Å². The molecule has 2 atom stereocenters. The first kappa shape index (κ1) is 13.9. The van der Waals surface area contributed by atoms with Gasteiger partial charge >= 0.3 is 0 Å². The molecule has 4 nitrogen and oxygen atoms in total. The number of carbonyl (C=O) groups is 1. The van der Waals surface area contributed by atoms with Gasteiger partial charge in [-0.2, -0.15) is 0 Å². The topological polar surface area (TPSA) is 50.4 Å². The molecule has 0 aromatic heterocycles. The van der Waals surface area contributed by atoms with E-state index < -0.39 is 0 Å². The van der Waals surface area contributed by atoms with E-state index in [1.165, 1.54) is 5.56 Å². The van der Waals surface area contributed by atoms with Crippen LogP contribution in [-0.2, 0) is 11.2 Å². The second-order valence-corrected chi connectivity index (χ2v) is 4.97. The Morgan fingerprint density at radius 2 is 2.26 bits per heavy atom. The Bertz CT molecular complexity index is 409. The van der Waals surface area contributed by atoms with Crippen molar-refractivity contribution in [1.82, 2.24) is 10.6 Å². The number of hydrogen-bond acceptors (Lipinski definition) is 3. The summed E-state index contributed by atoms with van der Waals surface area (Å²) in [6.45, 7) is 5.35. The van der Waals surface area contributed by atoms with Crippen LogP contribution in [0.15, 0.2) is 24.3 Å². The van der Waals surface area contributed by atoms with Crippen LogP contribution in [0.25, 0.3) is 0 Å². The van der Waals surface area contributed by atoms with Gasteiger partial charge in [0, 0.05) is 19.5 Å². The molecular weight excluding hydrogens is 240 g/mol. The van der Waals surface area contributed by atoms with Crippen molar-refractivity contribution in [2.75, 3.05) is 13.1 Å². The van der Waals surface area contributed by atoms with Crippen LogP contribution in [0.3, 0.4) is 0 Å². The molecule has 0 radical (unpaired) electrons. The number of carbonyl (C=O) groups excluding carboxylic acids is 1. The summed E-state index contributed by atoms with van der Waals surface area (Å²) in [7, 11) is 0. The maximum Gasteiger partial charge on any atom is 0.236 e. The maximum absolute atomic E-state index is 11.7. The van der Waals surface area contributed by atoms with E-state index in [4.69, 9.17) is 4.74 Å². The first-order valence-electron chi connectivity index (χ1n) is 6.96. The highest BCUT2D eigenvalue weighted by molar-refractivity contribution is 5.81. The summed E-state index contributed by atoms with van der Waals surface area (Å²) in [5.41, 5.74) is 1.25. The van der Waals surface area contributed by atoms with Gasteiger partial charge in [0.15, 0.2) is 0 Å². The number of ether oxygens (including phenoxy) is 1. The number of nitrogens with one attached hydrogen (secondary N) is 2. The quantitative estimate of drug-likeness (QED) is 0.816. The van der Waals surface area contributed by atoms with Gasteiger partial charge in [-0.1, -0.05) is 25.1 Å². The van der Waals surface area contributed by atoms with Crippen LogP contribution in [0, 0.1) is 0 Å². The van der Waals surface area contributed by atoms with E-state index in [0.29, 0.717) is 6.54 Å². The molecular formula is C15H22N2O2. The fourth-order valence-electron chi connectivity index (χ4n) is 2.17. The molecule has 0 saturated heterocycles. The average molecular weight is 262 g/mol. The van der Waals surface area contributed by atoms with Gasteiger partial charge in [-0.3, -0.25) is 4.79 Å². The Labute approximate surface area is 114 Å². The van der Waals surface area contributed by atoms with Gasteiger partial charge < -0.3 is 15.4 Å². The normalized spacial score (nSPS) is 18.5. The van der Waals surface area contributed by atoms with Crippen LogP contribution < -0.4 is 15.4 Å². The first-order valence-corrected chi connectivity index (χ1v) is 6.96. The SMILES string of the molecule is CCCNC(=O)C(C)NCC1Cc2ccccc2O1. The predicted octanol–water partition coefficient (Wildman–Crippen LogP) is 1.49. The van der Waals surface area contributed by atoms with E-state index in [1.807, 2.05) is 32.0 Å². The van der Waals surface area contributed by atoms with E-state index in [0.717, 1.165) is 25.1 Å². The number of benzene rings is 1. The van der Waals surface area contributed by atoms with Crippen molar-refractivity contribution in [3.8, 4) is 5.75 Å². The molecule has 0 bridgehead atoms. The molecule has 19 heavy (non-hydrogen) atoms. The van der Waals surface area contributed by atoms with Crippen molar-refractivity contribution in [2.24, 2.45) is 0 Å². The Morgan fingerprint density at radius 3 is 3.00 bits per heavy atom. The Morgan fingerprint density at radius 1 is 1.47 bits per heavy atom. The largest absolute Gasteiger partial charge is 0.488 e. The zero-order chi connectivity index (χ0) is 13.7. The van der Waals surface area contributed by atoms with Crippen molar-refractivity contribution in [1.29, 1.82) is 0 Å². The summed E-state index contributed by atoms with van der Waals surface area (Å²) in [5.74, 6) is 1.02. The molecule has 2 unspecified atom stereocenters. The minimum Gasteiger partial charge on any atom is -0.488 e. The summed E-state index contributed by atoms with van der Waals surface area (Å²) in [4.78, 5) is 11.7. The van der Waals surface area contributed by atoms with E-state index in [-0.39, 0.29) is 18.1 Å². The Hall–Kier alpha value is -1.55. The molecule has 4 heteroatoms. The molecule has 1 aromatic rings. The third kappa shape index (κ3) is 3.70. The highest BCUT2D eigenvalue weighted by Crippen LogP contribution is 2.27. The van der Waals surface area contributed by atoms with Crippen molar-refractivity contribution in [3.63, 3.8) is 0 Å². The monoisotopic (exact) mass is 262 g/mol. The van der Waals surface area contributed by atoms with Crippen LogP contribution in [0.2, 0.25) is 0 Å². The number of amides is 1. The fourth-order valence-corrected chi connectivity index (χ4v) is 2.17. The summed E-state index contributed by atoms with van der Waals surface area (Å²) in [6, 6.07) is 7.91. The van der Waals surface area contributed by atoms with Crippen molar-refractivity contribution < 1.29 is 9.53 Å². The smallest absolute Gasteiger partial charge is 0.236 e. The van der Waals surface area contributed by atoms with Crippen LogP contribution in [-0.4, -0.2) is 31.1 Å². The van der Waals surface area contributed by atoms with Crippen molar-refractivity contribution in [3.05, 3.63) is 29.8 Å². The molecule has 2 N–H and O–H groups in total. The molecule has 1 aliphatic rings. The standard InChI is InChI=1S/C15H22N2O2/c1-3-8-16-15(18)11(2)17-10-13-9-12-6-4-5-7-14(12)19-13/h4-7,11,13,17H,3,8-10H2,1-2H3,(H,16,18). The molecule has 0 saturated carbocycles. The Balaban J connectivity index is 1.74. The lowest BCUT2D eigenvalue weighted by molar-refractivity contribution is -0.122. The third-order valence-electron chi connectivity index (χ3n) is 3.31. The minimum absolute atomic E-state index is 0.0531. The lowest BCUT2D eigenvalue weighted by Crippen LogP contribution is -2.45. The summed E-state index contributed by atoms with van der Waals surface area (Å²) >= 11 is 0. The number of hydrogen-bond donors (Lipinski definition) is 2. The van der Waals surface area contributed by atoms with Gasteiger partial charge in [-0.15, -0.1) is 0 Å². The highest BCUT2D eigenvalue weighted by atomic mass is 16.5. The zero-order valence-electron chi connectivity index (χ0n) is 11.6. The second-order valence-electron chi connectivity index (χ2n) is 4.97. The lowest BCUT2D eigenvalue weighted by atomic mass is 10.1. The molecule has 0 aliphatic carbocycles. The van der Waals surface area contributed by atoms with Gasteiger partial charge in [0.2, 0.25) is 5.91 Å². The Kier molecular flexibility index (Phi) is 4.80. The highest BCUT2D eigenvalue weighted by Gasteiger charge is 2.23. The summed E-state index contributed by atoms with van der Waals surface area (Å²) in [6.07, 6.45) is 1.99. The van der Waals surface area contributed by atoms with Crippen molar-refractivity contribution in [2.45, 2.75) is 38.8 Å². The second kappa shape index (κ2) is 6.57. The van der Waals surface area contributed by atoms with Gasteiger partial charge in [-0.25, -0.2) is 0 Å². The van der Waals surface area contributed by atoms with Gasteiger partial charge in [-0.05, 0) is 25.0 Å². The van der Waals surface area contributed by atoms with E-state index in [2.05, 4.69) is 16.7 Å². The van der Waals surface area contributed by atoms with Gasteiger partial charge in [0.25, 0.3) is 0 Å². The van der Waals surface area contributed by atoms with E-state index in [1.54, 1.807) is 0 Å². The molecule has 1 amide bonds. The molecule has 0 spiro atoms. The van der Waals surface area contributed by atoms with Crippen LogP contribution in [0.4, 0.5) is 0 Å². The third-order valence-corrected chi connectivity index (χ3v) is 3.31. The number of para-hydroxylation sites is 1. The van der Waals surface area contributed by atoms with E-state index >= 15 is 0 Å². The lowest BCUT2D eigenvalue weighted by Gasteiger charge is -2.17. The number of rotatable bonds is 6. The number of fused-ring (bicyclic) bond motifs is 1. The molecule has 2 rings (SSSR count). The van der Waals surface area contributed by atoms with Crippen LogP contribution >= 0.6 is 0 Å². The maximum atomic E-state index is 11.7. The molecule has 1 aliphatic heterocycles. The summed E-state index contributed by atoms with van der Waals surface area (Å²) < 4.78 is 5.82. The average Bonchev–Trinajstić information content (AvgIpc) is 2.84. The minimum atomic E-state index is -0.182. The fraction of sp³-hybridized carbons (Fsp3) is 0.533. The van der Waals surface area contributed by atoms with Gasteiger partial charge in [0.05, 0.1) is 6.04 Å². The summed E-state index contributed by atoms with van der Waals surface area (Å²) in [5, 5.41) is 6.11. The molecule has 0 fully saturated rings. The predicted molar refractivity (Wildman–Crippen MR) is 75.3 cm³/mol. The van der Waals surface area contributed by atoms with E-state index in [9.17, 15) is 4.79 Å². The molecule has 1 aromatic carbocycles. The first-order chi connectivity index (χ1) is 9.20. The zero-order valence-corrected chi connectivity index (χ0v) is 11.6. The van der Waals surface area contributed by atoms with Crippen LogP contribution in [0.5, 0.6) is 5.75 Å². The van der Waals surface area contributed by atoms with Crippen molar-refractivity contribution >= 4 is 5.91 Å². The molecule has 104 valence electrons. The molecule has 1 heterocycles. The van der Waals surface area contributed by atoms with Crippen LogP contribution in [0.1, 0.15) is 25.8 Å².